The monoisotopic (exact) mass is 765 g/mol. The third kappa shape index (κ3) is 9.27. The van der Waals surface area contributed by atoms with Crippen molar-refractivity contribution >= 4 is 39.4 Å². The molecule has 0 unspecified atom stereocenters. The van der Waals surface area contributed by atoms with Gasteiger partial charge in [0.2, 0.25) is 17.6 Å². The van der Waals surface area contributed by atoms with E-state index in [0.29, 0.717) is 51.5 Å². The number of sulfone groups is 1. The number of piperidine rings is 1. The number of ketones is 1. The predicted octanol–water partition coefficient (Wildman–Crippen LogP) is 4.52. The van der Waals surface area contributed by atoms with Gasteiger partial charge in [-0.3, -0.25) is 19.2 Å². The topological polar surface area (TPSA) is 171 Å². The van der Waals surface area contributed by atoms with E-state index in [0.717, 1.165) is 32.1 Å². The number of amides is 5. The van der Waals surface area contributed by atoms with Crippen molar-refractivity contribution in [3.63, 3.8) is 0 Å². The number of nitrogens with one attached hydrogen (secondary N) is 4. The number of urea groups is 1. The smallest absolute Gasteiger partial charge is 0.315 e. The Morgan fingerprint density at radius 1 is 0.962 bits per heavy atom. The number of hydrogen-bond acceptors (Lipinski definition) is 7. The van der Waals surface area contributed by atoms with Gasteiger partial charge in [0.1, 0.15) is 18.8 Å². The molecule has 5 atom stereocenters. The highest BCUT2D eigenvalue weighted by molar-refractivity contribution is 7.92. The van der Waals surface area contributed by atoms with Gasteiger partial charge in [0, 0.05) is 13.1 Å². The molecule has 0 radical (unpaired) electrons. The van der Waals surface area contributed by atoms with Crippen LogP contribution < -0.4 is 21.3 Å². The third-order valence-corrected chi connectivity index (χ3v) is 15.6. The largest absolute Gasteiger partial charge is 0.346 e. The first kappa shape index (κ1) is 42.7. The maximum absolute atomic E-state index is 14.9. The van der Waals surface area contributed by atoms with E-state index in [1.807, 2.05) is 13.8 Å². The highest BCUT2D eigenvalue weighted by Gasteiger charge is 2.70. The molecule has 4 aliphatic rings. The van der Waals surface area contributed by atoms with E-state index in [2.05, 4.69) is 41.7 Å². The van der Waals surface area contributed by atoms with Crippen molar-refractivity contribution in [2.45, 2.75) is 153 Å². The first-order valence-electron chi connectivity index (χ1n) is 19.7. The Morgan fingerprint density at radius 3 is 2.13 bits per heavy atom. The molecule has 0 spiro atoms. The van der Waals surface area contributed by atoms with E-state index in [-0.39, 0.29) is 30.2 Å². The number of halogens is 1. The van der Waals surface area contributed by atoms with Gasteiger partial charge in [-0.1, -0.05) is 85.1 Å². The number of nitrogens with zero attached hydrogens (tertiary/aromatic N) is 1. The standard InChI is InChI=1S/C39H64FN5O7S/c1-8-10-17-27(30(46)33(48)41-22-9-2)42-32(47)29-28-26(37(28,5)6)23-45(29)34(49)31(38(7)18-13-11-14-19-38)43-35(50)44-39(20-15-12-16-21-39)25-53(51,52)36(3,4)24-40/h9,26-29,31H,2,8,10-25H2,1,3-7H3,(H,41,48)(H,42,47)(H2,43,44,50)/t26-,27-,28-,29-,31+/m0/s1. The Labute approximate surface area is 315 Å². The van der Waals surface area contributed by atoms with Crippen LogP contribution in [-0.2, 0) is 29.0 Å². The van der Waals surface area contributed by atoms with Crippen molar-refractivity contribution in [3.8, 4) is 0 Å². The van der Waals surface area contributed by atoms with Crippen LogP contribution >= 0.6 is 0 Å². The van der Waals surface area contributed by atoms with Crippen molar-refractivity contribution in [1.29, 1.82) is 0 Å². The number of unbranched alkanes of at least 4 members (excludes halogenated alkanes) is 1. The molecule has 3 saturated carbocycles. The van der Waals surface area contributed by atoms with Crippen molar-refractivity contribution < 1.29 is 36.8 Å². The van der Waals surface area contributed by atoms with E-state index in [1.54, 1.807) is 4.90 Å². The fourth-order valence-corrected chi connectivity index (χ4v) is 10.7. The maximum atomic E-state index is 14.9. The lowest BCUT2D eigenvalue weighted by atomic mass is 9.70. The average Bonchev–Trinajstić information content (AvgIpc) is 3.41. The Balaban J connectivity index is 1.62. The van der Waals surface area contributed by atoms with Crippen molar-refractivity contribution in [1.82, 2.24) is 26.2 Å². The van der Waals surface area contributed by atoms with Crippen LogP contribution in [0.15, 0.2) is 12.7 Å². The summed E-state index contributed by atoms with van der Waals surface area (Å²) in [5.41, 5.74) is -1.99. The number of carbonyl (C=O) groups excluding carboxylic acids is 5. The van der Waals surface area contributed by atoms with Crippen LogP contribution in [0.1, 0.15) is 125 Å². The third-order valence-electron chi connectivity index (χ3n) is 12.9. The van der Waals surface area contributed by atoms with Crippen molar-refractivity contribution in [2.75, 3.05) is 25.5 Å². The molecule has 0 aromatic carbocycles. The summed E-state index contributed by atoms with van der Waals surface area (Å²) in [6.07, 6.45) is 10.2. The second kappa shape index (κ2) is 16.8. The summed E-state index contributed by atoms with van der Waals surface area (Å²) >= 11 is 0. The van der Waals surface area contributed by atoms with Crippen LogP contribution in [0.2, 0.25) is 0 Å². The van der Waals surface area contributed by atoms with E-state index >= 15 is 0 Å². The Morgan fingerprint density at radius 2 is 1.57 bits per heavy atom. The van der Waals surface area contributed by atoms with Gasteiger partial charge in [-0.05, 0) is 68.6 Å². The van der Waals surface area contributed by atoms with Crippen LogP contribution in [0, 0.1) is 22.7 Å². The number of carbonyl (C=O) groups is 5. The van der Waals surface area contributed by atoms with Gasteiger partial charge in [-0.15, -0.1) is 6.58 Å². The molecular weight excluding hydrogens is 702 g/mol. The van der Waals surface area contributed by atoms with E-state index in [9.17, 15) is 36.8 Å². The fourth-order valence-electron chi connectivity index (χ4n) is 9.09. The lowest BCUT2D eigenvalue weighted by Gasteiger charge is -2.44. The van der Waals surface area contributed by atoms with Crippen LogP contribution in [0.5, 0.6) is 0 Å². The Hall–Kier alpha value is -3.03. The lowest BCUT2D eigenvalue weighted by molar-refractivity contribution is -0.146. The first-order valence-corrected chi connectivity index (χ1v) is 21.4. The minimum Gasteiger partial charge on any atom is -0.346 e. The van der Waals surface area contributed by atoms with Gasteiger partial charge in [0.15, 0.2) is 9.84 Å². The molecule has 5 amide bonds. The Bertz CT molecular complexity index is 1500. The fraction of sp³-hybridized carbons (Fsp3) is 0.821. The molecule has 4 fully saturated rings. The molecule has 3 aliphatic carbocycles. The number of Topliss-reactive ketones (excluding diaryl/α,β-unsaturated/α-hetero) is 1. The van der Waals surface area contributed by atoms with Crippen molar-refractivity contribution in [3.05, 3.63) is 12.7 Å². The van der Waals surface area contributed by atoms with Crippen LogP contribution in [0.4, 0.5) is 9.18 Å². The molecule has 1 saturated heterocycles. The summed E-state index contributed by atoms with van der Waals surface area (Å²) < 4.78 is 39.1. The molecule has 4 N–H and O–H groups in total. The van der Waals surface area contributed by atoms with E-state index < -0.39 is 85.6 Å². The zero-order chi connectivity index (χ0) is 39.4. The zero-order valence-electron chi connectivity index (χ0n) is 32.8. The number of alkyl halides is 1. The van der Waals surface area contributed by atoms with Gasteiger partial charge in [0.25, 0.3) is 5.91 Å². The predicted molar refractivity (Wildman–Crippen MR) is 202 cm³/mol. The summed E-state index contributed by atoms with van der Waals surface area (Å²) in [6.45, 7) is 13.7. The molecule has 0 bridgehead atoms. The maximum Gasteiger partial charge on any atom is 0.315 e. The zero-order valence-corrected chi connectivity index (χ0v) is 33.6. The number of likely N-dealkylation sites (tertiary alicyclic amines) is 1. The highest BCUT2D eigenvalue weighted by Crippen LogP contribution is 2.65. The highest BCUT2D eigenvalue weighted by atomic mass is 32.2. The normalized spacial score (nSPS) is 25.6. The molecule has 14 heteroatoms. The molecule has 12 nitrogen and oxygen atoms in total. The SMILES string of the molecule is C=CCNC(=O)C(=O)[C@H](CCCC)NC(=O)[C@@H]1[C@@H]2[C@H](CN1C(=O)[C@@H](NC(=O)NC1(CS(=O)(=O)C(C)(C)CF)CCCCC1)C1(C)CCCCC1)C2(C)C. The molecular formula is C39H64FN5O7S. The second-order valence-electron chi connectivity index (χ2n) is 17.7. The number of rotatable bonds is 17. The van der Waals surface area contributed by atoms with Gasteiger partial charge < -0.3 is 26.2 Å². The number of hydrogen-bond donors (Lipinski definition) is 4. The van der Waals surface area contributed by atoms with Gasteiger partial charge >= 0.3 is 6.03 Å². The Kier molecular flexibility index (Phi) is 13.5. The molecule has 53 heavy (non-hydrogen) atoms. The summed E-state index contributed by atoms with van der Waals surface area (Å²) in [4.78, 5) is 70.6. The van der Waals surface area contributed by atoms with Gasteiger partial charge in [0.05, 0.1) is 22.1 Å². The summed E-state index contributed by atoms with van der Waals surface area (Å²) in [7, 11) is -3.96. The molecule has 4 rings (SSSR count). The van der Waals surface area contributed by atoms with Crippen LogP contribution in [0.25, 0.3) is 0 Å². The molecule has 1 aliphatic heterocycles. The van der Waals surface area contributed by atoms with Crippen LogP contribution in [0.3, 0.4) is 0 Å². The molecule has 0 aromatic rings. The quantitative estimate of drug-likeness (QED) is 0.125. The summed E-state index contributed by atoms with van der Waals surface area (Å²) in [6, 6.07) is -3.65. The van der Waals surface area contributed by atoms with Gasteiger partial charge in [-0.2, -0.15) is 0 Å². The van der Waals surface area contributed by atoms with Crippen LogP contribution in [-0.4, -0.2) is 96.8 Å². The number of fused-ring (bicyclic) bond motifs is 1. The van der Waals surface area contributed by atoms with Gasteiger partial charge in [-0.25, -0.2) is 17.6 Å². The lowest BCUT2D eigenvalue weighted by Crippen LogP contribution is -2.65. The van der Waals surface area contributed by atoms with E-state index in [4.69, 9.17) is 0 Å². The first-order chi connectivity index (χ1) is 24.8. The minimum absolute atomic E-state index is 0.0334. The molecule has 1 heterocycles. The summed E-state index contributed by atoms with van der Waals surface area (Å²) in [5.74, 6) is -3.00. The minimum atomic E-state index is -3.96. The van der Waals surface area contributed by atoms with Crippen molar-refractivity contribution in [2.24, 2.45) is 22.7 Å². The molecule has 0 aromatic heterocycles. The summed E-state index contributed by atoms with van der Waals surface area (Å²) in [5, 5.41) is 11.3. The second-order valence-corrected chi connectivity index (χ2v) is 20.3. The molecule has 300 valence electrons. The van der Waals surface area contributed by atoms with E-state index in [1.165, 1.54) is 19.9 Å². The average molecular weight is 766 g/mol.